The van der Waals surface area contributed by atoms with Crippen LogP contribution < -0.4 is 5.32 Å². The Labute approximate surface area is 206 Å². The monoisotopic (exact) mass is 473 g/mol. The van der Waals surface area contributed by atoms with E-state index in [4.69, 9.17) is 14.2 Å². The summed E-state index contributed by atoms with van der Waals surface area (Å²) >= 11 is 0. The summed E-state index contributed by atoms with van der Waals surface area (Å²) in [7, 11) is 0. The highest BCUT2D eigenvalue weighted by Gasteiger charge is 2.29. The summed E-state index contributed by atoms with van der Waals surface area (Å²) in [5.74, 6) is -1.08. The standard InChI is InChI=1S/C29H31NO5/c1-20(2)33-18-22(28(31)34-17-21-10-4-3-5-11-21)16-30-29(32)35-19-27-25-14-8-6-12-23(25)24-13-7-9-15-26(24)27/h3-15,20,22,27H,16-19H2,1-2H3,(H,30,32)/t22-/m0/s1. The van der Waals surface area contributed by atoms with E-state index in [-0.39, 0.29) is 38.4 Å². The van der Waals surface area contributed by atoms with E-state index in [1.165, 1.54) is 11.1 Å². The molecule has 0 spiro atoms. The summed E-state index contributed by atoms with van der Waals surface area (Å²) in [6, 6.07) is 25.8. The largest absolute Gasteiger partial charge is 0.460 e. The normalized spacial score (nSPS) is 13.1. The third-order valence-corrected chi connectivity index (χ3v) is 6.02. The number of amides is 1. The lowest BCUT2D eigenvalue weighted by Gasteiger charge is -2.19. The number of benzene rings is 3. The molecule has 0 saturated carbocycles. The number of fused-ring (bicyclic) bond motifs is 3. The molecule has 1 N–H and O–H groups in total. The molecular weight excluding hydrogens is 442 g/mol. The highest BCUT2D eigenvalue weighted by atomic mass is 16.6. The van der Waals surface area contributed by atoms with Crippen molar-refractivity contribution in [3.63, 3.8) is 0 Å². The SMILES string of the molecule is CC(C)OC[C@H](CNC(=O)OCC1c2ccccc2-c2ccccc21)C(=O)OCc1ccccc1. The Morgan fingerprint density at radius 2 is 1.43 bits per heavy atom. The molecule has 1 amide bonds. The number of nitrogens with one attached hydrogen (secondary N) is 1. The van der Waals surface area contributed by atoms with Crippen molar-refractivity contribution in [2.75, 3.05) is 19.8 Å². The number of alkyl carbamates (subject to hydrolysis) is 1. The molecule has 0 unspecified atom stereocenters. The number of hydrogen-bond acceptors (Lipinski definition) is 5. The molecule has 0 bridgehead atoms. The van der Waals surface area contributed by atoms with Crippen LogP contribution in [0.1, 0.15) is 36.5 Å². The van der Waals surface area contributed by atoms with E-state index in [9.17, 15) is 9.59 Å². The Morgan fingerprint density at radius 1 is 0.829 bits per heavy atom. The van der Waals surface area contributed by atoms with Crippen LogP contribution in [-0.2, 0) is 25.6 Å². The fourth-order valence-corrected chi connectivity index (χ4v) is 4.22. The van der Waals surface area contributed by atoms with E-state index in [0.29, 0.717) is 0 Å². The number of hydrogen-bond donors (Lipinski definition) is 1. The van der Waals surface area contributed by atoms with Gasteiger partial charge in [-0.05, 0) is 41.7 Å². The molecule has 3 aromatic rings. The van der Waals surface area contributed by atoms with Gasteiger partial charge in [0, 0.05) is 12.5 Å². The zero-order valence-corrected chi connectivity index (χ0v) is 20.1. The minimum Gasteiger partial charge on any atom is -0.460 e. The second-order valence-electron chi connectivity index (χ2n) is 8.88. The third-order valence-electron chi connectivity index (χ3n) is 6.02. The van der Waals surface area contributed by atoms with E-state index in [1.54, 1.807) is 0 Å². The van der Waals surface area contributed by atoms with Gasteiger partial charge in [0.05, 0.1) is 18.6 Å². The fourth-order valence-electron chi connectivity index (χ4n) is 4.22. The first-order valence-corrected chi connectivity index (χ1v) is 11.9. The van der Waals surface area contributed by atoms with Gasteiger partial charge in [-0.25, -0.2) is 4.79 Å². The molecule has 35 heavy (non-hydrogen) atoms. The summed E-state index contributed by atoms with van der Waals surface area (Å²) in [4.78, 5) is 25.2. The van der Waals surface area contributed by atoms with E-state index >= 15 is 0 Å². The van der Waals surface area contributed by atoms with Crippen molar-refractivity contribution in [2.24, 2.45) is 5.92 Å². The quantitative estimate of drug-likeness (QED) is 0.404. The lowest BCUT2D eigenvalue weighted by atomic mass is 9.98. The van der Waals surface area contributed by atoms with Crippen molar-refractivity contribution in [1.82, 2.24) is 5.32 Å². The van der Waals surface area contributed by atoms with Crippen LogP contribution in [0.2, 0.25) is 0 Å². The van der Waals surface area contributed by atoms with Crippen molar-refractivity contribution in [3.8, 4) is 11.1 Å². The molecule has 0 saturated heterocycles. The van der Waals surface area contributed by atoms with Crippen LogP contribution in [0.5, 0.6) is 0 Å². The number of carbonyl (C=O) groups is 2. The van der Waals surface area contributed by atoms with Gasteiger partial charge in [-0.2, -0.15) is 0 Å². The van der Waals surface area contributed by atoms with Crippen LogP contribution in [-0.4, -0.2) is 37.9 Å². The van der Waals surface area contributed by atoms with Gasteiger partial charge < -0.3 is 19.5 Å². The number of ether oxygens (including phenoxy) is 3. The first kappa shape index (κ1) is 24.5. The summed E-state index contributed by atoms with van der Waals surface area (Å²) in [5.41, 5.74) is 5.53. The van der Waals surface area contributed by atoms with Crippen molar-refractivity contribution < 1.29 is 23.8 Å². The third kappa shape index (κ3) is 6.28. The number of esters is 1. The van der Waals surface area contributed by atoms with Crippen LogP contribution in [0.4, 0.5) is 4.79 Å². The lowest BCUT2D eigenvalue weighted by Crippen LogP contribution is -2.37. The predicted molar refractivity (Wildman–Crippen MR) is 134 cm³/mol. The maximum Gasteiger partial charge on any atom is 0.407 e. The minimum atomic E-state index is -0.637. The Balaban J connectivity index is 1.32. The highest BCUT2D eigenvalue weighted by Crippen LogP contribution is 2.44. The van der Waals surface area contributed by atoms with Crippen LogP contribution >= 0.6 is 0 Å². The van der Waals surface area contributed by atoms with Gasteiger partial charge in [-0.15, -0.1) is 0 Å². The van der Waals surface area contributed by atoms with E-state index in [1.807, 2.05) is 68.4 Å². The zero-order valence-electron chi connectivity index (χ0n) is 20.1. The molecule has 1 aliphatic rings. The van der Waals surface area contributed by atoms with Crippen molar-refractivity contribution >= 4 is 12.1 Å². The van der Waals surface area contributed by atoms with Crippen molar-refractivity contribution in [1.29, 1.82) is 0 Å². The Hall–Kier alpha value is -3.64. The van der Waals surface area contributed by atoms with Gasteiger partial charge in [0.15, 0.2) is 0 Å². The predicted octanol–water partition coefficient (Wildman–Crippen LogP) is 5.31. The summed E-state index contributed by atoms with van der Waals surface area (Å²) < 4.78 is 16.7. The number of rotatable bonds is 10. The Bertz CT molecular complexity index is 1100. The van der Waals surface area contributed by atoms with Crippen LogP contribution in [0.3, 0.4) is 0 Å². The molecule has 1 aliphatic carbocycles. The van der Waals surface area contributed by atoms with Gasteiger partial charge in [0.25, 0.3) is 0 Å². The van der Waals surface area contributed by atoms with Crippen LogP contribution in [0.15, 0.2) is 78.9 Å². The van der Waals surface area contributed by atoms with E-state index in [2.05, 4.69) is 29.6 Å². The molecule has 6 heteroatoms. The van der Waals surface area contributed by atoms with E-state index in [0.717, 1.165) is 16.7 Å². The molecule has 0 aromatic heterocycles. The molecule has 0 aliphatic heterocycles. The van der Waals surface area contributed by atoms with Gasteiger partial charge in [-0.1, -0.05) is 78.9 Å². The smallest absolute Gasteiger partial charge is 0.407 e. The number of carbonyl (C=O) groups excluding carboxylic acids is 2. The maximum atomic E-state index is 12.7. The molecule has 0 radical (unpaired) electrons. The second-order valence-corrected chi connectivity index (χ2v) is 8.88. The van der Waals surface area contributed by atoms with Crippen molar-refractivity contribution in [2.45, 2.75) is 32.5 Å². The highest BCUT2D eigenvalue weighted by molar-refractivity contribution is 5.79. The molecule has 6 nitrogen and oxygen atoms in total. The summed E-state index contributed by atoms with van der Waals surface area (Å²) in [6.07, 6.45) is -0.619. The summed E-state index contributed by atoms with van der Waals surface area (Å²) in [6.45, 7) is 4.39. The fraction of sp³-hybridized carbons (Fsp3) is 0.310. The molecule has 182 valence electrons. The lowest BCUT2D eigenvalue weighted by molar-refractivity contribution is -0.152. The van der Waals surface area contributed by atoms with Gasteiger partial charge in [-0.3, -0.25) is 4.79 Å². The van der Waals surface area contributed by atoms with Gasteiger partial charge in [0.1, 0.15) is 13.2 Å². The molecule has 0 heterocycles. The van der Waals surface area contributed by atoms with Crippen LogP contribution in [0.25, 0.3) is 11.1 Å². The summed E-state index contributed by atoms with van der Waals surface area (Å²) in [5, 5.41) is 2.72. The minimum absolute atomic E-state index is 0.0240. The molecule has 1 atom stereocenters. The molecule has 0 fully saturated rings. The first-order valence-electron chi connectivity index (χ1n) is 11.9. The first-order chi connectivity index (χ1) is 17.0. The maximum absolute atomic E-state index is 12.7. The van der Waals surface area contributed by atoms with Gasteiger partial charge in [0.2, 0.25) is 0 Å². The average Bonchev–Trinajstić information content (AvgIpc) is 3.20. The Morgan fingerprint density at radius 3 is 2.06 bits per heavy atom. The molecule has 3 aromatic carbocycles. The van der Waals surface area contributed by atoms with Gasteiger partial charge >= 0.3 is 12.1 Å². The second kappa shape index (κ2) is 11.7. The zero-order chi connectivity index (χ0) is 24.6. The van der Waals surface area contributed by atoms with E-state index < -0.39 is 18.0 Å². The van der Waals surface area contributed by atoms with Crippen LogP contribution in [0, 0.1) is 5.92 Å². The van der Waals surface area contributed by atoms with Crippen molar-refractivity contribution in [3.05, 3.63) is 95.6 Å². The average molecular weight is 474 g/mol. The Kier molecular flexibility index (Phi) is 8.16. The topological polar surface area (TPSA) is 73.9 Å². The molecular formula is C29H31NO5. The molecule has 4 rings (SSSR count).